The van der Waals surface area contributed by atoms with Gasteiger partial charge in [0, 0.05) is 12.1 Å². The molecule has 0 heterocycles. The summed E-state index contributed by atoms with van der Waals surface area (Å²) in [4.78, 5) is 0.163. The van der Waals surface area contributed by atoms with Crippen molar-refractivity contribution >= 4 is 27.2 Å². The van der Waals surface area contributed by atoms with Gasteiger partial charge in [0.15, 0.2) is 0 Å². The fourth-order valence-corrected chi connectivity index (χ4v) is 3.35. The number of rotatable bonds is 5. The van der Waals surface area contributed by atoms with Gasteiger partial charge < -0.3 is 5.73 Å². The van der Waals surface area contributed by atoms with Crippen LogP contribution < -0.4 is 10.5 Å². The summed E-state index contributed by atoms with van der Waals surface area (Å²) in [5.74, 6) is 0. The summed E-state index contributed by atoms with van der Waals surface area (Å²) >= 11 is 4.90. The zero-order chi connectivity index (χ0) is 15.5. The molecule has 0 aliphatic carbocycles. The van der Waals surface area contributed by atoms with Gasteiger partial charge in [-0.3, -0.25) is 0 Å². The second-order valence-electron chi connectivity index (χ2n) is 4.67. The summed E-state index contributed by atoms with van der Waals surface area (Å²) in [6, 6.07) is 14.1. The third kappa shape index (κ3) is 3.87. The first kappa shape index (κ1) is 15.6. The molecule has 0 unspecified atom stereocenters. The summed E-state index contributed by atoms with van der Waals surface area (Å²) in [5, 5.41) is 0. The molecule has 0 saturated heterocycles. The molecule has 0 saturated carbocycles. The zero-order valence-corrected chi connectivity index (χ0v) is 13.2. The fourth-order valence-electron chi connectivity index (χ4n) is 1.87. The third-order valence-electron chi connectivity index (χ3n) is 3.03. The number of hydrogen-bond acceptors (Lipinski definition) is 3. The Morgan fingerprint density at radius 3 is 2.38 bits per heavy atom. The highest BCUT2D eigenvalue weighted by Crippen LogP contribution is 2.15. The van der Waals surface area contributed by atoms with Gasteiger partial charge in [0.1, 0.15) is 4.99 Å². The van der Waals surface area contributed by atoms with Gasteiger partial charge in [0.05, 0.1) is 4.90 Å². The molecule has 0 bridgehead atoms. The number of hydrogen-bond donors (Lipinski definition) is 2. The van der Waals surface area contributed by atoms with E-state index in [1.807, 2.05) is 31.2 Å². The monoisotopic (exact) mass is 320 g/mol. The molecule has 3 N–H and O–H groups in total. The lowest BCUT2D eigenvalue weighted by molar-refractivity contribution is 0.581. The molecule has 0 aromatic heterocycles. The smallest absolute Gasteiger partial charge is 0.241 e. The lowest BCUT2D eigenvalue weighted by Gasteiger charge is -2.10. The molecule has 0 spiro atoms. The van der Waals surface area contributed by atoms with Crippen molar-refractivity contribution in [2.45, 2.75) is 18.4 Å². The second kappa shape index (κ2) is 6.34. The lowest BCUT2D eigenvalue weighted by atomic mass is 10.2. The first-order chi connectivity index (χ1) is 9.90. The van der Waals surface area contributed by atoms with Gasteiger partial charge in [-0.2, -0.15) is 0 Å². The third-order valence-corrected chi connectivity index (χ3v) is 4.71. The van der Waals surface area contributed by atoms with Crippen molar-refractivity contribution < 1.29 is 8.42 Å². The normalized spacial score (nSPS) is 11.3. The Balaban J connectivity index is 2.23. The molecule has 4 nitrogen and oxygen atoms in total. The Morgan fingerprint density at radius 1 is 1.14 bits per heavy atom. The maximum Gasteiger partial charge on any atom is 0.241 e. The molecule has 6 heteroatoms. The Morgan fingerprint density at radius 2 is 1.76 bits per heavy atom. The number of nitrogens with one attached hydrogen (secondary N) is 1. The minimum atomic E-state index is -3.66. The van der Waals surface area contributed by atoms with Gasteiger partial charge in [-0.1, -0.05) is 60.2 Å². The Kier molecular flexibility index (Phi) is 4.72. The van der Waals surface area contributed by atoms with Crippen molar-refractivity contribution in [2.75, 3.05) is 0 Å². The van der Waals surface area contributed by atoms with Crippen LogP contribution >= 0.6 is 12.2 Å². The molecule has 2 aromatic carbocycles. The maximum atomic E-state index is 12.4. The summed E-state index contributed by atoms with van der Waals surface area (Å²) in [7, 11) is -3.66. The zero-order valence-electron chi connectivity index (χ0n) is 11.5. The first-order valence-corrected chi connectivity index (χ1v) is 8.23. The molecule has 0 aliphatic rings. The molecule has 0 amide bonds. The van der Waals surface area contributed by atoms with Gasteiger partial charge in [-0.15, -0.1) is 0 Å². The highest BCUT2D eigenvalue weighted by Gasteiger charge is 2.18. The molecular weight excluding hydrogens is 304 g/mol. The molecule has 0 radical (unpaired) electrons. The topological polar surface area (TPSA) is 72.2 Å². The van der Waals surface area contributed by atoms with Crippen LogP contribution in [0.1, 0.15) is 16.7 Å². The number of aryl methyl sites for hydroxylation is 1. The van der Waals surface area contributed by atoms with Crippen LogP contribution in [0.15, 0.2) is 53.4 Å². The van der Waals surface area contributed by atoms with E-state index in [1.54, 1.807) is 18.2 Å². The van der Waals surface area contributed by atoms with Gasteiger partial charge in [0.2, 0.25) is 10.0 Å². The van der Waals surface area contributed by atoms with Crippen molar-refractivity contribution in [1.82, 2.24) is 4.72 Å². The van der Waals surface area contributed by atoms with Gasteiger partial charge >= 0.3 is 0 Å². The summed E-state index contributed by atoms with van der Waals surface area (Å²) < 4.78 is 27.3. The van der Waals surface area contributed by atoms with E-state index in [9.17, 15) is 8.42 Å². The van der Waals surface area contributed by atoms with Crippen molar-refractivity contribution in [3.8, 4) is 0 Å². The number of nitrogens with two attached hydrogens (primary N) is 1. The number of sulfonamides is 1. The predicted molar refractivity (Wildman–Crippen MR) is 87.5 cm³/mol. The largest absolute Gasteiger partial charge is 0.389 e. The second-order valence-corrected chi connectivity index (χ2v) is 6.85. The number of benzene rings is 2. The van der Waals surface area contributed by atoms with E-state index < -0.39 is 10.0 Å². The van der Waals surface area contributed by atoms with Crippen LogP contribution in [0.25, 0.3) is 0 Å². The van der Waals surface area contributed by atoms with Crippen LogP contribution in [0, 0.1) is 6.92 Å². The molecule has 110 valence electrons. The molecule has 2 aromatic rings. The Bertz CT molecular complexity index is 753. The first-order valence-electron chi connectivity index (χ1n) is 6.34. The van der Waals surface area contributed by atoms with E-state index in [0.717, 1.165) is 11.1 Å². The molecule has 2 rings (SSSR count). The minimum absolute atomic E-state index is 0.0614. The average molecular weight is 320 g/mol. The van der Waals surface area contributed by atoms with Crippen molar-refractivity contribution in [2.24, 2.45) is 5.73 Å². The summed E-state index contributed by atoms with van der Waals surface area (Å²) in [5.41, 5.74) is 7.94. The van der Waals surface area contributed by atoms with E-state index >= 15 is 0 Å². The molecule has 21 heavy (non-hydrogen) atoms. The lowest BCUT2D eigenvalue weighted by Crippen LogP contribution is -2.26. The van der Waals surface area contributed by atoms with E-state index in [0.29, 0.717) is 5.56 Å². The molecule has 0 fully saturated rings. The van der Waals surface area contributed by atoms with E-state index in [-0.39, 0.29) is 16.4 Å². The average Bonchev–Trinajstić information content (AvgIpc) is 2.47. The highest BCUT2D eigenvalue weighted by atomic mass is 32.2. The molecule has 0 atom stereocenters. The van der Waals surface area contributed by atoms with Crippen LogP contribution in [0.3, 0.4) is 0 Å². The van der Waals surface area contributed by atoms with Crippen LogP contribution in [0.4, 0.5) is 0 Å². The number of thiocarbonyl (C=S) groups is 1. The minimum Gasteiger partial charge on any atom is -0.389 e. The maximum absolute atomic E-state index is 12.4. The van der Waals surface area contributed by atoms with Crippen LogP contribution in [-0.2, 0) is 16.6 Å². The van der Waals surface area contributed by atoms with Crippen molar-refractivity contribution in [1.29, 1.82) is 0 Å². The summed E-state index contributed by atoms with van der Waals surface area (Å²) in [6.45, 7) is 2.20. The van der Waals surface area contributed by atoms with Crippen LogP contribution in [0.5, 0.6) is 0 Å². The Hall–Kier alpha value is -1.76. The highest BCUT2D eigenvalue weighted by molar-refractivity contribution is 7.89. The van der Waals surface area contributed by atoms with Crippen molar-refractivity contribution in [3.63, 3.8) is 0 Å². The Labute approximate surface area is 130 Å². The molecular formula is C15H16N2O2S2. The standard InChI is InChI=1S/C15H16N2O2S2/c1-11-6-8-12(9-7-11)10-17-21(18,19)14-5-3-2-4-13(14)15(16)20/h2-9,17H,10H2,1H3,(H2,16,20). The fraction of sp³-hybridized carbons (Fsp3) is 0.133. The quantitative estimate of drug-likeness (QED) is 0.828. The van der Waals surface area contributed by atoms with E-state index in [1.165, 1.54) is 6.07 Å². The van der Waals surface area contributed by atoms with Crippen LogP contribution in [-0.4, -0.2) is 13.4 Å². The van der Waals surface area contributed by atoms with E-state index in [2.05, 4.69) is 4.72 Å². The SMILES string of the molecule is Cc1ccc(CNS(=O)(=O)c2ccccc2C(N)=S)cc1. The van der Waals surface area contributed by atoms with Gasteiger partial charge in [-0.05, 0) is 18.6 Å². The van der Waals surface area contributed by atoms with Crippen molar-refractivity contribution in [3.05, 3.63) is 65.2 Å². The molecule has 0 aliphatic heterocycles. The summed E-state index contributed by atoms with van der Waals surface area (Å²) in [6.07, 6.45) is 0. The van der Waals surface area contributed by atoms with E-state index in [4.69, 9.17) is 18.0 Å². The van der Waals surface area contributed by atoms with Gasteiger partial charge in [-0.25, -0.2) is 13.1 Å². The van der Waals surface area contributed by atoms with Crippen LogP contribution in [0.2, 0.25) is 0 Å². The predicted octanol–water partition coefficient (Wildman–Crippen LogP) is 2.11. The van der Waals surface area contributed by atoms with Gasteiger partial charge in [0.25, 0.3) is 0 Å².